The standard InChI is InChI=1S/C10H11ClO3/c1-6-2-7(4-8(11)3-6)9(5-12)10(13)14/h2-4,9,12H,5H2,1H3,(H,13,14). The molecule has 0 amide bonds. The molecule has 0 radical (unpaired) electrons. The van der Waals surface area contributed by atoms with E-state index in [9.17, 15) is 4.79 Å². The third kappa shape index (κ3) is 2.47. The Kier molecular flexibility index (Phi) is 3.49. The number of carbonyl (C=O) groups is 1. The van der Waals surface area contributed by atoms with Crippen LogP contribution in [0.1, 0.15) is 17.0 Å². The van der Waals surface area contributed by atoms with Gasteiger partial charge in [-0.1, -0.05) is 17.7 Å². The van der Waals surface area contributed by atoms with Gasteiger partial charge in [0.1, 0.15) is 5.92 Å². The molecule has 0 spiro atoms. The van der Waals surface area contributed by atoms with E-state index in [-0.39, 0.29) is 0 Å². The fourth-order valence-corrected chi connectivity index (χ4v) is 1.59. The lowest BCUT2D eigenvalue weighted by Gasteiger charge is -2.10. The predicted octanol–water partition coefficient (Wildman–Crippen LogP) is 1.81. The van der Waals surface area contributed by atoms with Gasteiger partial charge in [0, 0.05) is 5.02 Å². The van der Waals surface area contributed by atoms with Crippen molar-refractivity contribution in [2.24, 2.45) is 0 Å². The van der Waals surface area contributed by atoms with E-state index in [2.05, 4.69) is 0 Å². The monoisotopic (exact) mass is 214 g/mol. The third-order valence-corrected chi connectivity index (χ3v) is 2.17. The quantitative estimate of drug-likeness (QED) is 0.807. The second-order valence-electron chi connectivity index (χ2n) is 3.14. The van der Waals surface area contributed by atoms with Crippen LogP contribution in [-0.2, 0) is 4.79 Å². The zero-order valence-electron chi connectivity index (χ0n) is 7.70. The molecular formula is C10H11ClO3. The van der Waals surface area contributed by atoms with Gasteiger partial charge in [-0.2, -0.15) is 0 Å². The Morgan fingerprint density at radius 2 is 2.14 bits per heavy atom. The molecule has 0 saturated heterocycles. The van der Waals surface area contributed by atoms with Crippen LogP contribution >= 0.6 is 11.6 Å². The van der Waals surface area contributed by atoms with Crippen molar-refractivity contribution in [3.8, 4) is 0 Å². The zero-order valence-corrected chi connectivity index (χ0v) is 8.45. The second-order valence-corrected chi connectivity index (χ2v) is 3.57. The predicted molar refractivity (Wildman–Crippen MR) is 53.7 cm³/mol. The molecule has 0 aromatic heterocycles. The van der Waals surface area contributed by atoms with Crippen LogP contribution in [0.5, 0.6) is 0 Å². The van der Waals surface area contributed by atoms with Gasteiger partial charge in [-0.25, -0.2) is 0 Å². The van der Waals surface area contributed by atoms with Crippen molar-refractivity contribution < 1.29 is 15.0 Å². The SMILES string of the molecule is Cc1cc(Cl)cc(C(CO)C(=O)O)c1. The van der Waals surface area contributed by atoms with E-state index in [0.29, 0.717) is 10.6 Å². The Morgan fingerprint density at radius 3 is 2.57 bits per heavy atom. The molecule has 1 unspecified atom stereocenters. The van der Waals surface area contributed by atoms with E-state index in [1.807, 2.05) is 6.92 Å². The number of rotatable bonds is 3. The molecule has 76 valence electrons. The normalized spacial score (nSPS) is 12.5. The largest absolute Gasteiger partial charge is 0.481 e. The number of carboxylic acids is 1. The molecule has 1 aromatic rings. The molecule has 1 aromatic carbocycles. The highest BCUT2D eigenvalue weighted by Crippen LogP contribution is 2.21. The summed E-state index contributed by atoms with van der Waals surface area (Å²) in [6.45, 7) is 1.40. The maximum absolute atomic E-state index is 10.8. The highest BCUT2D eigenvalue weighted by Gasteiger charge is 2.19. The molecule has 0 bridgehead atoms. The molecule has 3 nitrogen and oxygen atoms in total. The minimum atomic E-state index is -1.05. The van der Waals surface area contributed by atoms with Crippen LogP contribution in [0.3, 0.4) is 0 Å². The topological polar surface area (TPSA) is 57.5 Å². The van der Waals surface area contributed by atoms with E-state index in [1.165, 1.54) is 0 Å². The van der Waals surface area contributed by atoms with E-state index < -0.39 is 18.5 Å². The molecule has 0 aliphatic heterocycles. The Hall–Kier alpha value is -1.06. The molecule has 0 heterocycles. The van der Waals surface area contributed by atoms with Crippen LogP contribution in [0, 0.1) is 6.92 Å². The van der Waals surface area contributed by atoms with Crippen LogP contribution in [0.25, 0.3) is 0 Å². The number of aliphatic hydroxyl groups excluding tert-OH is 1. The van der Waals surface area contributed by atoms with Crippen LogP contribution in [0.2, 0.25) is 5.02 Å². The number of hydrogen-bond donors (Lipinski definition) is 2. The minimum Gasteiger partial charge on any atom is -0.481 e. The maximum Gasteiger partial charge on any atom is 0.313 e. The summed E-state index contributed by atoms with van der Waals surface area (Å²) in [6, 6.07) is 5.01. The van der Waals surface area contributed by atoms with Gasteiger partial charge in [0.2, 0.25) is 0 Å². The van der Waals surface area contributed by atoms with Crippen molar-refractivity contribution in [1.29, 1.82) is 0 Å². The summed E-state index contributed by atoms with van der Waals surface area (Å²) < 4.78 is 0. The van der Waals surface area contributed by atoms with E-state index >= 15 is 0 Å². The lowest BCUT2D eigenvalue weighted by Crippen LogP contribution is -2.15. The number of benzene rings is 1. The fourth-order valence-electron chi connectivity index (χ4n) is 1.29. The van der Waals surface area contributed by atoms with E-state index in [1.54, 1.807) is 18.2 Å². The molecule has 14 heavy (non-hydrogen) atoms. The lowest BCUT2D eigenvalue weighted by atomic mass is 9.98. The average molecular weight is 215 g/mol. The molecule has 1 rings (SSSR count). The van der Waals surface area contributed by atoms with Gasteiger partial charge in [0.25, 0.3) is 0 Å². The highest BCUT2D eigenvalue weighted by molar-refractivity contribution is 6.30. The molecule has 2 N–H and O–H groups in total. The Bertz CT molecular complexity index is 329. The molecule has 0 aliphatic rings. The van der Waals surface area contributed by atoms with Crippen molar-refractivity contribution in [2.75, 3.05) is 6.61 Å². The smallest absolute Gasteiger partial charge is 0.313 e. The van der Waals surface area contributed by atoms with Gasteiger partial charge >= 0.3 is 5.97 Å². The van der Waals surface area contributed by atoms with Crippen molar-refractivity contribution in [2.45, 2.75) is 12.8 Å². The first kappa shape index (κ1) is 11.0. The summed E-state index contributed by atoms with van der Waals surface area (Å²) in [5.74, 6) is -1.94. The van der Waals surface area contributed by atoms with Crippen LogP contribution in [0.15, 0.2) is 18.2 Å². The number of halogens is 1. The summed E-state index contributed by atoms with van der Waals surface area (Å²) in [4.78, 5) is 10.8. The molecule has 1 atom stereocenters. The van der Waals surface area contributed by atoms with E-state index in [4.69, 9.17) is 21.8 Å². The Morgan fingerprint density at radius 1 is 1.50 bits per heavy atom. The van der Waals surface area contributed by atoms with Gasteiger partial charge in [-0.15, -0.1) is 0 Å². The minimum absolute atomic E-state index is 0.422. The van der Waals surface area contributed by atoms with Crippen molar-refractivity contribution >= 4 is 17.6 Å². The number of carboxylic acid groups (broad SMARTS) is 1. The molecule has 4 heteroatoms. The van der Waals surface area contributed by atoms with Gasteiger partial charge in [-0.05, 0) is 30.2 Å². The van der Waals surface area contributed by atoms with Gasteiger partial charge in [0.15, 0.2) is 0 Å². The number of aryl methyl sites for hydroxylation is 1. The molecule has 0 aliphatic carbocycles. The summed E-state index contributed by atoms with van der Waals surface area (Å²) >= 11 is 5.78. The molecule has 0 saturated carbocycles. The second kappa shape index (κ2) is 4.44. The summed E-state index contributed by atoms with van der Waals surface area (Å²) in [5.41, 5.74) is 1.41. The van der Waals surface area contributed by atoms with Gasteiger partial charge < -0.3 is 10.2 Å². The maximum atomic E-state index is 10.8. The number of hydrogen-bond acceptors (Lipinski definition) is 2. The summed E-state index contributed by atoms with van der Waals surface area (Å²) in [6.07, 6.45) is 0. The van der Waals surface area contributed by atoms with Gasteiger partial charge in [0.05, 0.1) is 6.61 Å². The zero-order chi connectivity index (χ0) is 10.7. The third-order valence-electron chi connectivity index (χ3n) is 1.95. The van der Waals surface area contributed by atoms with Crippen LogP contribution < -0.4 is 0 Å². The Balaban J connectivity index is 3.10. The first-order chi connectivity index (χ1) is 6.54. The van der Waals surface area contributed by atoms with Crippen molar-refractivity contribution in [1.82, 2.24) is 0 Å². The first-order valence-corrected chi connectivity index (χ1v) is 4.53. The number of aliphatic carboxylic acids is 1. The number of aliphatic hydroxyl groups is 1. The molecular weight excluding hydrogens is 204 g/mol. The Labute approximate surface area is 86.9 Å². The summed E-state index contributed by atoms with van der Waals surface area (Å²) in [7, 11) is 0. The summed E-state index contributed by atoms with van der Waals surface area (Å²) in [5, 5.41) is 18.2. The van der Waals surface area contributed by atoms with Gasteiger partial charge in [-0.3, -0.25) is 4.79 Å². The van der Waals surface area contributed by atoms with Crippen LogP contribution in [-0.4, -0.2) is 22.8 Å². The highest BCUT2D eigenvalue weighted by atomic mass is 35.5. The fraction of sp³-hybridized carbons (Fsp3) is 0.300. The van der Waals surface area contributed by atoms with Crippen molar-refractivity contribution in [3.63, 3.8) is 0 Å². The van der Waals surface area contributed by atoms with E-state index in [0.717, 1.165) is 5.56 Å². The first-order valence-electron chi connectivity index (χ1n) is 4.15. The van der Waals surface area contributed by atoms with Crippen LogP contribution in [0.4, 0.5) is 0 Å². The van der Waals surface area contributed by atoms with Crippen molar-refractivity contribution in [3.05, 3.63) is 34.3 Å². The average Bonchev–Trinajstić information content (AvgIpc) is 2.02. The molecule has 0 fully saturated rings. The lowest BCUT2D eigenvalue weighted by molar-refractivity contribution is -0.139.